The van der Waals surface area contributed by atoms with Crippen LogP contribution in [0.5, 0.6) is 0 Å². The monoisotopic (exact) mass is 246 g/mol. The van der Waals surface area contributed by atoms with E-state index in [2.05, 4.69) is 0 Å². The van der Waals surface area contributed by atoms with Gasteiger partial charge in [-0.1, -0.05) is 0 Å². The summed E-state index contributed by atoms with van der Waals surface area (Å²) in [6, 6.07) is 5.78. The third-order valence-electron chi connectivity index (χ3n) is 3.81. The first-order valence-corrected chi connectivity index (χ1v) is 6.46. The van der Waals surface area contributed by atoms with Gasteiger partial charge in [0.15, 0.2) is 0 Å². The number of anilines is 2. The summed E-state index contributed by atoms with van der Waals surface area (Å²) in [6.07, 6.45) is 1.93. The van der Waals surface area contributed by atoms with Gasteiger partial charge in [-0.3, -0.25) is 4.79 Å². The Morgan fingerprint density at radius 3 is 3.06 bits per heavy atom. The van der Waals surface area contributed by atoms with Gasteiger partial charge in [-0.05, 0) is 43.5 Å². The lowest BCUT2D eigenvalue weighted by atomic mass is 10.0. The molecule has 0 aromatic heterocycles. The molecule has 4 heteroatoms. The summed E-state index contributed by atoms with van der Waals surface area (Å²) < 4.78 is 5.49. The summed E-state index contributed by atoms with van der Waals surface area (Å²) >= 11 is 0. The molecule has 1 fully saturated rings. The van der Waals surface area contributed by atoms with Crippen LogP contribution < -0.4 is 10.6 Å². The summed E-state index contributed by atoms with van der Waals surface area (Å²) in [5.74, 6) is 0.214. The highest BCUT2D eigenvalue weighted by Crippen LogP contribution is 2.32. The van der Waals surface area contributed by atoms with E-state index < -0.39 is 0 Å². The van der Waals surface area contributed by atoms with Crippen molar-refractivity contribution >= 4 is 17.3 Å². The van der Waals surface area contributed by atoms with Gasteiger partial charge >= 0.3 is 0 Å². The number of ether oxygens (including phenoxy) is 1. The van der Waals surface area contributed by atoms with Crippen molar-refractivity contribution in [2.45, 2.75) is 25.9 Å². The molecule has 96 valence electrons. The Labute approximate surface area is 107 Å². The molecule has 18 heavy (non-hydrogen) atoms. The van der Waals surface area contributed by atoms with Crippen molar-refractivity contribution < 1.29 is 9.53 Å². The molecule has 2 aliphatic rings. The van der Waals surface area contributed by atoms with E-state index in [0.717, 1.165) is 30.8 Å². The summed E-state index contributed by atoms with van der Waals surface area (Å²) in [4.78, 5) is 14.3. The summed E-state index contributed by atoms with van der Waals surface area (Å²) in [5, 5.41) is 0. The molecule has 1 aromatic carbocycles. The maximum Gasteiger partial charge on any atom is 0.232 e. The van der Waals surface area contributed by atoms with E-state index in [0.29, 0.717) is 6.61 Å². The molecule has 0 aliphatic carbocycles. The maximum absolute atomic E-state index is 12.5. The number of hydrogen-bond acceptors (Lipinski definition) is 3. The number of carbonyl (C=O) groups excluding carboxylic acids is 1. The fourth-order valence-electron chi connectivity index (χ4n) is 2.86. The van der Waals surface area contributed by atoms with Crippen LogP contribution in [0, 0.1) is 5.92 Å². The Morgan fingerprint density at radius 1 is 1.50 bits per heavy atom. The van der Waals surface area contributed by atoms with Gasteiger partial charge in [-0.2, -0.15) is 0 Å². The molecule has 2 aliphatic heterocycles. The molecule has 1 saturated heterocycles. The zero-order valence-corrected chi connectivity index (χ0v) is 10.6. The molecular formula is C14H18N2O2. The van der Waals surface area contributed by atoms with Crippen molar-refractivity contribution in [3.8, 4) is 0 Å². The molecule has 0 bridgehead atoms. The van der Waals surface area contributed by atoms with Crippen LogP contribution in [-0.2, 0) is 16.0 Å². The van der Waals surface area contributed by atoms with Crippen molar-refractivity contribution in [1.82, 2.24) is 0 Å². The van der Waals surface area contributed by atoms with Gasteiger partial charge in [0.05, 0.1) is 18.6 Å². The Bertz CT molecular complexity index is 487. The van der Waals surface area contributed by atoms with Crippen LogP contribution in [0.15, 0.2) is 18.2 Å². The first-order valence-electron chi connectivity index (χ1n) is 6.46. The highest BCUT2D eigenvalue weighted by atomic mass is 16.5. The fourth-order valence-corrected chi connectivity index (χ4v) is 2.86. The van der Waals surface area contributed by atoms with Gasteiger partial charge in [0, 0.05) is 17.9 Å². The van der Waals surface area contributed by atoms with E-state index in [4.69, 9.17) is 10.5 Å². The summed E-state index contributed by atoms with van der Waals surface area (Å²) in [5.41, 5.74) is 8.73. The third-order valence-corrected chi connectivity index (χ3v) is 3.81. The Balaban J connectivity index is 1.81. The number of rotatable bonds is 1. The molecule has 1 amide bonds. The predicted molar refractivity (Wildman–Crippen MR) is 70.4 cm³/mol. The predicted octanol–water partition coefficient (Wildman–Crippen LogP) is 1.58. The summed E-state index contributed by atoms with van der Waals surface area (Å²) in [7, 11) is 0. The van der Waals surface area contributed by atoms with Crippen LogP contribution >= 0.6 is 0 Å². The zero-order valence-electron chi connectivity index (χ0n) is 10.6. The van der Waals surface area contributed by atoms with Crippen LogP contribution in [0.2, 0.25) is 0 Å². The van der Waals surface area contributed by atoms with Crippen molar-refractivity contribution in [2.75, 3.05) is 23.8 Å². The molecule has 2 unspecified atom stereocenters. The molecule has 0 spiro atoms. The molecule has 3 rings (SSSR count). The zero-order chi connectivity index (χ0) is 12.7. The smallest absolute Gasteiger partial charge is 0.232 e. The quantitative estimate of drug-likeness (QED) is 0.765. The number of hydrogen-bond donors (Lipinski definition) is 1. The van der Waals surface area contributed by atoms with Gasteiger partial charge < -0.3 is 15.4 Å². The highest BCUT2D eigenvalue weighted by molar-refractivity contribution is 5.97. The second-order valence-electron chi connectivity index (χ2n) is 5.20. The summed E-state index contributed by atoms with van der Waals surface area (Å²) in [6.45, 7) is 3.34. The normalized spacial score (nSPS) is 26.4. The average molecular weight is 246 g/mol. The van der Waals surface area contributed by atoms with Gasteiger partial charge in [0.25, 0.3) is 0 Å². The van der Waals surface area contributed by atoms with Gasteiger partial charge in [0.2, 0.25) is 5.91 Å². The number of nitrogens with two attached hydrogens (primary N) is 1. The SMILES string of the molecule is CC1CC(C(=O)N2CCc3cc(N)ccc32)CO1. The second kappa shape index (κ2) is 4.28. The highest BCUT2D eigenvalue weighted by Gasteiger charge is 2.34. The fraction of sp³-hybridized carbons (Fsp3) is 0.500. The molecule has 0 saturated carbocycles. The number of fused-ring (bicyclic) bond motifs is 1. The minimum Gasteiger partial charge on any atom is -0.399 e. The molecule has 4 nitrogen and oxygen atoms in total. The van der Waals surface area contributed by atoms with E-state index in [1.807, 2.05) is 30.0 Å². The lowest BCUT2D eigenvalue weighted by Gasteiger charge is -2.20. The molecule has 0 radical (unpaired) electrons. The molecular weight excluding hydrogens is 228 g/mol. The first-order chi connectivity index (χ1) is 8.65. The number of amides is 1. The van der Waals surface area contributed by atoms with Crippen molar-refractivity contribution in [3.05, 3.63) is 23.8 Å². The van der Waals surface area contributed by atoms with Crippen LogP contribution in [-0.4, -0.2) is 25.2 Å². The topological polar surface area (TPSA) is 55.6 Å². The van der Waals surface area contributed by atoms with Crippen molar-refractivity contribution in [2.24, 2.45) is 5.92 Å². The van der Waals surface area contributed by atoms with E-state index in [-0.39, 0.29) is 17.9 Å². The van der Waals surface area contributed by atoms with Crippen LogP contribution in [0.25, 0.3) is 0 Å². The minimum atomic E-state index is 0.0171. The number of benzene rings is 1. The maximum atomic E-state index is 12.5. The number of nitrogens with zero attached hydrogens (tertiary/aromatic N) is 1. The van der Waals surface area contributed by atoms with E-state index in [9.17, 15) is 4.79 Å². The van der Waals surface area contributed by atoms with Gasteiger partial charge in [0.1, 0.15) is 0 Å². The minimum absolute atomic E-state index is 0.0171. The van der Waals surface area contributed by atoms with E-state index in [1.54, 1.807) is 0 Å². The lowest BCUT2D eigenvalue weighted by Crippen LogP contribution is -2.35. The Kier molecular flexibility index (Phi) is 2.74. The van der Waals surface area contributed by atoms with Gasteiger partial charge in [-0.25, -0.2) is 0 Å². The molecule has 2 heterocycles. The van der Waals surface area contributed by atoms with E-state index >= 15 is 0 Å². The Morgan fingerprint density at radius 2 is 2.33 bits per heavy atom. The van der Waals surface area contributed by atoms with Crippen molar-refractivity contribution in [1.29, 1.82) is 0 Å². The molecule has 2 N–H and O–H groups in total. The standard InChI is InChI=1S/C14H18N2O2/c1-9-6-11(8-18-9)14(17)16-5-4-10-7-12(15)2-3-13(10)16/h2-3,7,9,11H,4-6,8,15H2,1H3. The second-order valence-corrected chi connectivity index (χ2v) is 5.20. The van der Waals surface area contributed by atoms with Crippen LogP contribution in [0.1, 0.15) is 18.9 Å². The Hall–Kier alpha value is -1.55. The number of nitrogen functional groups attached to an aromatic ring is 1. The van der Waals surface area contributed by atoms with Crippen LogP contribution in [0.3, 0.4) is 0 Å². The van der Waals surface area contributed by atoms with E-state index in [1.165, 1.54) is 5.56 Å². The average Bonchev–Trinajstić information content (AvgIpc) is 2.94. The van der Waals surface area contributed by atoms with Gasteiger partial charge in [-0.15, -0.1) is 0 Å². The number of carbonyl (C=O) groups is 1. The van der Waals surface area contributed by atoms with Crippen molar-refractivity contribution in [3.63, 3.8) is 0 Å². The third kappa shape index (κ3) is 1.86. The molecule has 2 atom stereocenters. The molecule has 1 aromatic rings. The largest absolute Gasteiger partial charge is 0.399 e. The first kappa shape index (κ1) is 11.5. The van der Waals surface area contributed by atoms with Crippen LogP contribution in [0.4, 0.5) is 11.4 Å². The lowest BCUT2D eigenvalue weighted by molar-refractivity contribution is -0.122.